The second kappa shape index (κ2) is 10.2. The van der Waals surface area contributed by atoms with Gasteiger partial charge < -0.3 is 10.6 Å². The van der Waals surface area contributed by atoms with Gasteiger partial charge in [-0.05, 0) is 51.5 Å². The summed E-state index contributed by atoms with van der Waals surface area (Å²) in [4.78, 5) is 50.1. The summed E-state index contributed by atoms with van der Waals surface area (Å²) >= 11 is 4.16. The topological polar surface area (TPSA) is 95.6 Å². The molecule has 0 aliphatic carbocycles. The van der Waals surface area contributed by atoms with E-state index in [1.54, 1.807) is 30.3 Å². The van der Waals surface area contributed by atoms with Crippen LogP contribution in [-0.4, -0.2) is 47.5 Å². The number of hydrogen-bond acceptors (Lipinski definition) is 5. The molecule has 1 fully saturated rings. The van der Waals surface area contributed by atoms with E-state index in [-0.39, 0.29) is 36.7 Å². The Hall–Kier alpha value is -2.91. The Morgan fingerprint density at radius 2 is 1.70 bits per heavy atom. The van der Waals surface area contributed by atoms with Gasteiger partial charge in [0.05, 0.1) is 17.0 Å². The largest absolute Gasteiger partial charge is 0.353 e. The highest BCUT2D eigenvalue weighted by atomic mass is 79.9. The number of thioether (sulfide) groups is 1. The van der Waals surface area contributed by atoms with Crippen molar-refractivity contribution >= 4 is 56.7 Å². The molecule has 2 aromatic carbocycles. The monoisotopic (exact) mass is 487 g/mol. The molecule has 0 bridgehead atoms. The van der Waals surface area contributed by atoms with Crippen molar-refractivity contribution in [3.8, 4) is 0 Å². The number of carbonyl (C=O) groups excluding carboxylic acids is 4. The molecule has 2 N–H and O–H groups in total. The zero-order chi connectivity index (χ0) is 21.5. The van der Waals surface area contributed by atoms with Gasteiger partial charge in [-0.3, -0.25) is 24.1 Å². The van der Waals surface area contributed by atoms with E-state index >= 15 is 0 Å². The van der Waals surface area contributed by atoms with Crippen LogP contribution in [0.2, 0.25) is 0 Å². The van der Waals surface area contributed by atoms with Gasteiger partial charge in [-0.15, -0.1) is 0 Å². The first-order chi connectivity index (χ1) is 14.5. The van der Waals surface area contributed by atoms with E-state index in [2.05, 4.69) is 26.6 Å². The van der Waals surface area contributed by atoms with E-state index in [4.69, 9.17) is 0 Å². The van der Waals surface area contributed by atoms with E-state index < -0.39 is 5.91 Å². The lowest BCUT2D eigenvalue weighted by Crippen LogP contribution is -2.41. The highest BCUT2D eigenvalue weighted by molar-refractivity contribution is 9.10. The number of benzene rings is 2. The second-order valence-corrected chi connectivity index (χ2v) is 8.10. The van der Waals surface area contributed by atoms with Gasteiger partial charge in [0, 0.05) is 17.6 Å². The van der Waals surface area contributed by atoms with Crippen molar-refractivity contribution in [3.63, 3.8) is 0 Å². The summed E-state index contributed by atoms with van der Waals surface area (Å²) in [5.74, 6) is -1.18. The molecule has 30 heavy (non-hydrogen) atoms. The minimum atomic E-state index is -0.415. The smallest absolute Gasteiger partial charge is 0.293 e. The molecule has 1 aliphatic heterocycles. The number of halogens is 1. The Bertz CT molecular complexity index is 1010. The van der Waals surface area contributed by atoms with E-state index in [9.17, 15) is 19.2 Å². The van der Waals surface area contributed by atoms with Gasteiger partial charge >= 0.3 is 0 Å². The van der Waals surface area contributed by atoms with E-state index in [1.165, 1.54) is 0 Å². The second-order valence-electron chi connectivity index (χ2n) is 6.26. The predicted molar refractivity (Wildman–Crippen MR) is 119 cm³/mol. The van der Waals surface area contributed by atoms with Gasteiger partial charge in [-0.25, -0.2) is 0 Å². The van der Waals surface area contributed by atoms with Crippen molar-refractivity contribution in [1.29, 1.82) is 0 Å². The molecule has 0 spiro atoms. The van der Waals surface area contributed by atoms with Crippen molar-refractivity contribution in [1.82, 2.24) is 15.5 Å². The maximum absolute atomic E-state index is 12.4. The summed E-state index contributed by atoms with van der Waals surface area (Å²) in [5, 5.41) is 4.75. The van der Waals surface area contributed by atoms with Crippen molar-refractivity contribution in [2.45, 2.75) is 0 Å². The quantitative estimate of drug-likeness (QED) is 0.585. The summed E-state index contributed by atoms with van der Waals surface area (Å²) in [7, 11) is 0. The van der Waals surface area contributed by atoms with Crippen LogP contribution in [0.15, 0.2) is 64.0 Å². The van der Waals surface area contributed by atoms with E-state index in [0.29, 0.717) is 14.9 Å². The lowest BCUT2D eigenvalue weighted by atomic mass is 10.2. The third-order valence-electron chi connectivity index (χ3n) is 4.16. The number of nitrogens with zero attached hydrogens (tertiary/aromatic N) is 1. The molecule has 0 atom stereocenters. The summed E-state index contributed by atoms with van der Waals surface area (Å²) in [6.07, 6.45) is 1.67. The van der Waals surface area contributed by atoms with Crippen LogP contribution in [0.25, 0.3) is 6.08 Å². The molecule has 2 aromatic rings. The summed E-state index contributed by atoms with van der Waals surface area (Å²) in [6.45, 7) is -0.0585. The fourth-order valence-corrected chi connectivity index (χ4v) is 3.99. The molecule has 0 radical (unpaired) electrons. The maximum Gasteiger partial charge on any atom is 0.293 e. The van der Waals surface area contributed by atoms with Gasteiger partial charge in [0.15, 0.2) is 0 Å². The van der Waals surface area contributed by atoms with Crippen molar-refractivity contribution in [2.75, 3.05) is 19.6 Å². The fraction of sp³-hybridized carbons (Fsp3) is 0.143. The number of carbonyl (C=O) groups is 4. The van der Waals surface area contributed by atoms with Gasteiger partial charge in [0.25, 0.3) is 17.1 Å². The Morgan fingerprint density at radius 3 is 2.43 bits per heavy atom. The van der Waals surface area contributed by atoms with Crippen molar-refractivity contribution < 1.29 is 19.2 Å². The van der Waals surface area contributed by atoms with Crippen LogP contribution in [0.5, 0.6) is 0 Å². The number of rotatable bonds is 7. The zero-order valence-corrected chi connectivity index (χ0v) is 18.2. The van der Waals surface area contributed by atoms with Crippen LogP contribution in [-0.2, 0) is 9.59 Å². The first-order valence-corrected chi connectivity index (χ1v) is 10.7. The maximum atomic E-state index is 12.4. The van der Waals surface area contributed by atoms with Crippen LogP contribution in [0.3, 0.4) is 0 Å². The Labute approximate surface area is 186 Å². The first-order valence-electron chi connectivity index (χ1n) is 9.05. The third-order valence-corrected chi connectivity index (χ3v) is 5.76. The molecule has 1 saturated heterocycles. The Balaban J connectivity index is 1.45. The minimum absolute atomic E-state index is 0.0563. The average molecular weight is 488 g/mol. The fourth-order valence-electron chi connectivity index (χ4n) is 2.66. The van der Waals surface area contributed by atoms with Gasteiger partial charge in [-0.2, -0.15) is 0 Å². The van der Waals surface area contributed by atoms with Crippen LogP contribution in [0.4, 0.5) is 4.79 Å². The van der Waals surface area contributed by atoms with Crippen molar-refractivity contribution in [2.24, 2.45) is 0 Å². The molecule has 7 nitrogen and oxygen atoms in total. The summed E-state index contributed by atoms with van der Waals surface area (Å²) < 4.78 is 0.630. The molecule has 1 heterocycles. The lowest BCUT2D eigenvalue weighted by Gasteiger charge is -2.13. The molecule has 3 rings (SSSR count). The van der Waals surface area contributed by atoms with E-state index in [1.807, 2.05) is 30.3 Å². The Kier molecular flexibility index (Phi) is 7.42. The third kappa shape index (κ3) is 5.58. The minimum Gasteiger partial charge on any atom is -0.353 e. The van der Waals surface area contributed by atoms with E-state index in [0.717, 1.165) is 22.2 Å². The Morgan fingerprint density at radius 1 is 1.00 bits per heavy atom. The number of hydrogen-bond donors (Lipinski definition) is 2. The summed E-state index contributed by atoms with van der Waals surface area (Å²) in [6, 6.07) is 16.1. The van der Waals surface area contributed by atoms with Crippen LogP contribution >= 0.6 is 27.7 Å². The predicted octanol–water partition coefficient (Wildman–Crippen LogP) is 3.03. The molecule has 0 saturated carbocycles. The molecule has 0 unspecified atom stereocenters. The molecular weight excluding hydrogens is 470 g/mol. The zero-order valence-electron chi connectivity index (χ0n) is 15.8. The average Bonchev–Trinajstić information content (AvgIpc) is 3.00. The molecule has 9 heteroatoms. The molecule has 154 valence electrons. The van der Waals surface area contributed by atoms with Crippen molar-refractivity contribution in [3.05, 3.63) is 75.1 Å². The normalized spacial score (nSPS) is 14.8. The molecule has 4 amide bonds. The number of amides is 4. The molecule has 0 aromatic heterocycles. The van der Waals surface area contributed by atoms with Crippen LogP contribution < -0.4 is 10.6 Å². The molecule has 1 aliphatic rings. The highest BCUT2D eigenvalue weighted by Crippen LogP contribution is 2.31. The number of imide groups is 1. The van der Waals surface area contributed by atoms with Gasteiger partial charge in [0.2, 0.25) is 5.91 Å². The lowest BCUT2D eigenvalue weighted by molar-refractivity contribution is -0.124. The summed E-state index contributed by atoms with van der Waals surface area (Å²) in [5.41, 5.74) is 1.26. The standard InChI is InChI=1S/C21H18BrN3O4S/c22-16-9-5-4-8-15(16)19(27)24-13-18(26)23-10-11-25-20(28)17(30-21(25)29)12-14-6-2-1-3-7-14/h1-9,12H,10-11,13H2,(H,23,26)(H,24,27)/b17-12+. The van der Waals surface area contributed by atoms with Crippen LogP contribution in [0, 0.1) is 0 Å². The van der Waals surface area contributed by atoms with Crippen LogP contribution in [0.1, 0.15) is 15.9 Å². The first kappa shape index (κ1) is 21.8. The number of nitrogens with one attached hydrogen (secondary N) is 2. The van der Waals surface area contributed by atoms with Gasteiger partial charge in [-0.1, -0.05) is 42.5 Å². The molecular formula is C21H18BrN3O4S. The highest BCUT2D eigenvalue weighted by Gasteiger charge is 2.34. The SMILES string of the molecule is O=C(CNC(=O)c1ccccc1Br)NCCN1C(=O)S/C(=C/c2ccccc2)C1=O. The van der Waals surface area contributed by atoms with Gasteiger partial charge in [0.1, 0.15) is 0 Å².